The topological polar surface area (TPSA) is 51.2 Å². The minimum Gasteiger partial charge on any atom is -0.448 e. The Morgan fingerprint density at radius 2 is 2.17 bits per heavy atom. The van der Waals surface area contributed by atoms with Crippen LogP contribution in [0.4, 0.5) is 4.39 Å². The number of furan rings is 1. The molecule has 2 rings (SSSR count). The lowest BCUT2D eigenvalue weighted by Crippen LogP contribution is -2.29. The Morgan fingerprint density at radius 1 is 1.39 bits per heavy atom. The van der Waals surface area contributed by atoms with Gasteiger partial charge in [-0.2, -0.15) is 0 Å². The van der Waals surface area contributed by atoms with Gasteiger partial charge < -0.3 is 4.42 Å². The van der Waals surface area contributed by atoms with Gasteiger partial charge in [-0.05, 0) is 53.9 Å². The molecular formula is C12H11BrClFN2O. The number of rotatable bonds is 4. The Labute approximate surface area is 117 Å². The largest absolute Gasteiger partial charge is 0.448 e. The molecule has 1 unspecified atom stereocenters. The third kappa shape index (κ3) is 3.11. The number of nitrogens with two attached hydrogens (primary N) is 1. The first-order valence-electron chi connectivity index (χ1n) is 5.25. The van der Waals surface area contributed by atoms with Crippen LogP contribution in [-0.4, -0.2) is 0 Å². The standard InChI is InChI=1S/C12H11BrClFN2O/c13-8-1-2-9(15)7(5-8)6-10(17-16)11-3-4-12(14)18-11/h1-5,10,17H,6,16H2. The van der Waals surface area contributed by atoms with Gasteiger partial charge in [-0.1, -0.05) is 15.9 Å². The molecule has 6 heteroatoms. The predicted molar refractivity (Wildman–Crippen MR) is 71.6 cm³/mol. The summed E-state index contributed by atoms with van der Waals surface area (Å²) in [7, 11) is 0. The van der Waals surface area contributed by atoms with Crippen LogP contribution in [0.25, 0.3) is 0 Å². The van der Waals surface area contributed by atoms with Gasteiger partial charge in [0.05, 0.1) is 6.04 Å². The molecule has 0 aliphatic rings. The highest BCUT2D eigenvalue weighted by Gasteiger charge is 2.16. The van der Waals surface area contributed by atoms with Crippen molar-refractivity contribution in [3.63, 3.8) is 0 Å². The zero-order chi connectivity index (χ0) is 13.1. The van der Waals surface area contributed by atoms with E-state index in [2.05, 4.69) is 21.4 Å². The Bertz CT molecular complexity index is 547. The van der Waals surface area contributed by atoms with Crippen LogP contribution in [0.1, 0.15) is 17.4 Å². The van der Waals surface area contributed by atoms with Gasteiger partial charge in [0.25, 0.3) is 0 Å². The molecule has 1 aromatic carbocycles. The molecule has 0 saturated carbocycles. The molecule has 0 saturated heterocycles. The zero-order valence-corrected chi connectivity index (χ0v) is 11.6. The van der Waals surface area contributed by atoms with Gasteiger partial charge in [-0.15, -0.1) is 0 Å². The first-order chi connectivity index (χ1) is 8.60. The molecular weight excluding hydrogens is 322 g/mol. The molecule has 18 heavy (non-hydrogen) atoms. The molecule has 1 heterocycles. The number of hydrogen-bond donors (Lipinski definition) is 2. The first-order valence-corrected chi connectivity index (χ1v) is 6.42. The van der Waals surface area contributed by atoms with E-state index in [1.54, 1.807) is 24.3 Å². The van der Waals surface area contributed by atoms with E-state index in [4.69, 9.17) is 21.9 Å². The van der Waals surface area contributed by atoms with Gasteiger partial charge in [0.2, 0.25) is 0 Å². The van der Waals surface area contributed by atoms with Gasteiger partial charge in [-0.25, -0.2) is 9.82 Å². The van der Waals surface area contributed by atoms with E-state index < -0.39 is 0 Å². The van der Waals surface area contributed by atoms with Crippen molar-refractivity contribution in [3.8, 4) is 0 Å². The van der Waals surface area contributed by atoms with Crippen LogP contribution in [0.2, 0.25) is 5.22 Å². The normalized spacial score (nSPS) is 12.7. The Kier molecular flexibility index (Phi) is 4.40. The van der Waals surface area contributed by atoms with Gasteiger partial charge >= 0.3 is 0 Å². The maximum atomic E-state index is 13.6. The Balaban J connectivity index is 2.22. The second-order valence-corrected chi connectivity index (χ2v) is 5.09. The summed E-state index contributed by atoms with van der Waals surface area (Å²) in [6, 6.07) is 7.77. The van der Waals surface area contributed by atoms with Gasteiger partial charge in [0.1, 0.15) is 11.6 Å². The number of benzene rings is 1. The van der Waals surface area contributed by atoms with E-state index in [0.29, 0.717) is 17.7 Å². The van der Waals surface area contributed by atoms with Crippen molar-refractivity contribution in [1.82, 2.24) is 5.43 Å². The lowest BCUT2D eigenvalue weighted by molar-refractivity contribution is 0.413. The van der Waals surface area contributed by atoms with Gasteiger partial charge in [0, 0.05) is 4.47 Å². The molecule has 3 N–H and O–H groups in total. The summed E-state index contributed by atoms with van der Waals surface area (Å²) in [4.78, 5) is 0. The minimum absolute atomic E-state index is 0.278. The summed E-state index contributed by atoms with van der Waals surface area (Å²) in [5.74, 6) is 5.75. The molecule has 0 fully saturated rings. The molecule has 0 aliphatic carbocycles. The molecule has 96 valence electrons. The highest BCUT2D eigenvalue weighted by atomic mass is 79.9. The van der Waals surface area contributed by atoms with E-state index in [1.165, 1.54) is 6.07 Å². The number of hydrogen-bond acceptors (Lipinski definition) is 3. The second kappa shape index (κ2) is 5.84. The van der Waals surface area contributed by atoms with E-state index in [1.807, 2.05) is 0 Å². The molecule has 0 bridgehead atoms. The fourth-order valence-electron chi connectivity index (χ4n) is 1.68. The molecule has 0 spiro atoms. The van der Waals surface area contributed by atoms with Crippen LogP contribution in [-0.2, 0) is 6.42 Å². The fraction of sp³-hybridized carbons (Fsp3) is 0.167. The fourth-order valence-corrected chi connectivity index (χ4v) is 2.24. The Hall–Kier alpha value is -0.880. The van der Waals surface area contributed by atoms with Crippen molar-refractivity contribution < 1.29 is 8.81 Å². The van der Waals surface area contributed by atoms with Crippen LogP contribution in [0.3, 0.4) is 0 Å². The van der Waals surface area contributed by atoms with E-state index in [-0.39, 0.29) is 17.1 Å². The predicted octanol–water partition coefficient (Wildman–Crippen LogP) is 3.58. The van der Waals surface area contributed by atoms with Crippen LogP contribution >= 0.6 is 27.5 Å². The van der Waals surface area contributed by atoms with E-state index >= 15 is 0 Å². The van der Waals surface area contributed by atoms with Crippen molar-refractivity contribution in [2.45, 2.75) is 12.5 Å². The van der Waals surface area contributed by atoms with Gasteiger partial charge in [-0.3, -0.25) is 5.84 Å². The molecule has 1 atom stereocenters. The molecule has 2 aromatic rings. The van der Waals surface area contributed by atoms with Crippen molar-refractivity contribution in [2.75, 3.05) is 0 Å². The zero-order valence-electron chi connectivity index (χ0n) is 9.29. The van der Waals surface area contributed by atoms with E-state index in [0.717, 1.165) is 4.47 Å². The number of halogens is 3. The monoisotopic (exact) mass is 332 g/mol. The lowest BCUT2D eigenvalue weighted by Gasteiger charge is -2.14. The third-order valence-corrected chi connectivity index (χ3v) is 3.27. The van der Waals surface area contributed by atoms with E-state index in [9.17, 15) is 4.39 Å². The summed E-state index contributed by atoms with van der Waals surface area (Å²) < 4.78 is 19.7. The summed E-state index contributed by atoms with van der Waals surface area (Å²) in [5, 5.41) is 0.278. The first kappa shape index (κ1) is 13.5. The van der Waals surface area contributed by atoms with Crippen molar-refractivity contribution in [1.29, 1.82) is 0 Å². The van der Waals surface area contributed by atoms with Gasteiger partial charge in [0.15, 0.2) is 5.22 Å². The van der Waals surface area contributed by atoms with Crippen LogP contribution in [0.5, 0.6) is 0 Å². The molecule has 0 aliphatic heterocycles. The number of nitrogens with one attached hydrogen (secondary N) is 1. The van der Waals surface area contributed by atoms with Crippen LogP contribution in [0.15, 0.2) is 39.2 Å². The summed E-state index contributed by atoms with van der Waals surface area (Å²) >= 11 is 9.01. The SMILES string of the molecule is NNC(Cc1cc(Br)ccc1F)c1ccc(Cl)o1. The van der Waals surface area contributed by atoms with Crippen LogP contribution < -0.4 is 11.3 Å². The quantitative estimate of drug-likeness (QED) is 0.664. The van der Waals surface area contributed by atoms with Crippen LogP contribution in [0, 0.1) is 5.82 Å². The maximum Gasteiger partial charge on any atom is 0.193 e. The van der Waals surface area contributed by atoms with Crippen molar-refractivity contribution in [2.24, 2.45) is 5.84 Å². The third-order valence-electron chi connectivity index (χ3n) is 2.57. The highest BCUT2D eigenvalue weighted by molar-refractivity contribution is 9.10. The second-order valence-electron chi connectivity index (χ2n) is 3.80. The molecule has 1 aromatic heterocycles. The minimum atomic E-state index is -0.332. The Morgan fingerprint density at radius 3 is 2.78 bits per heavy atom. The van der Waals surface area contributed by atoms with Crippen molar-refractivity contribution >= 4 is 27.5 Å². The summed E-state index contributed by atoms with van der Waals surface area (Å²) in [6.45, 7) is 0. The highest BCUT2D eigenvalue weighted by Crippen LogP contribution is 2.25. The maximum absolute atomic E-state index is 13.6. The average Bonchev–Trinajstić information content (AvgIpc) is 2.77. The van der Waals surface area contributed by atoms with Crippen molar-refractivity contribution in [3.05, 3.63) is 57.2 Å². The summed E-state index contributed by atoms with van der Waals surface area (Å²) in [5.41, 5.74) is 3.13. The average molecular weight is 334 g/mol. The molecule has 0 amide bonds. The summed E-state index contributed by atoms with van der Waals surface area (Å²) in [6.07, 6.45) is 0.367. The molecule has 0 radical (unpaired) electrons. The number of hydrazine groups is 1. The smallest absolute Gasteiger partial charge is 0.193 e. The lowest BCUT2D eigenvalue weighted by atomic mass is 10.0. The molecule has 3 nitrogen and oxygen atoms in total.